The SMILES string of the molecule is CN(C)Cc1ccc(-c2ccc(O)c3c2C[C@H]2C[C@H]4[C@@H](N(C)C)C(=O)C(C(N)=O)=C(O)[C@@]4(O)C(=O)C2=C3O)o1.CN(C)[C@H]1C(=O)C(C(N)=O)=C(O)[C@@]2(O)C(=O)C3=C(O)c4c(O)c(CN)cc(-c5ccc(C(C)(C)C)cc5)c4C[C@H]3C[C@@H]12.COc1ccc(-c2ccc(O)c3c2C[C@H]2C[C@H]4[C@@H](N(C)C)C(=O)C(C(N)=O)=C(O)[C@@]4(O)C(=O)C2=C3O)cc1CN. The van der Waals surface area contributed by atoms with Crippen LogP contribution in [-0.4, -0.2) is 232 Å². The number of phenols is 3. The van der Waals surface area contributed by atoms with E-state index in [1.54, 1.807) is 79.7 Å². The van der Waals surface area contributed by atoms with E-state index >= 15 is 0 Å². The number of nitrogens with zero attached hydrogens (tertiary/aromatic N) is 4. The Bertz CT molecular complexity index is 5720. The average molecular weight is 1660 g/mol. The largest absolute Gasteiger partial charge is 0.508 e. The van der Waals surface area contributed by atoms with Crippen molar-refractivity contribution >= 4 is 69.7 Å². The van der Waals surface area contributed by atoms with Crippen LogP contribution in [0.3, 0.4) is 0 Å². The molecule has 5 aromatic carbocycles. The Morgan fingerprint density at radius 2 is 0.843 bits per heavy atom. The Hall–Kier alpha value is -12.1. The number of likely N-dealkylation sites (N-methyl/N-ethyl adjacent to an activating group) is 3. The van der Waals surface area contributed by atoms with Crippen LogP contribution in [0, 0.1) is 35.5 Å². The number of hydrogen-bond acceptors (Lipinski definition) is 29. The van der Waals surface area contributed by atoms with Gasteiger partial charge in [-0.15, -0.1) is 0 Å². The van der Waals surface area contributed by atoms with E-state index in [9.17, 15) is 104 Å². The second-order valence-electron chi connectivity index (χ2n) is 34.4. The fourth-order valence-corrected chi connectivity index (χ4v) is 19.9. The highest BCUT2D eigenvalue weighted by Crippen LogP contribution is 2.59. The molecule has 0 saturated heterocycles. The Morgan fingerprint density at radius 1 is 0.471 bits per heavy atom. The van der Waals surface area contributed by atoms with Crippen molar-refractivity contribution in [3.05, 3.63) is 191 Å². The number of rotatable bonds is 14. The van der Waals surface area contributed by atoms with Gasteiger partial charge >= 0.3 is 0 Å². The van der Waals surface area contributed by atoms with Gasteiger partial charge in [0.15, 0.2) is 34.2 Å². The Balaban J connectivity index is 0.000000157. The maximum Gasteiger partial charge on any atom is 0.255 e. The summed E-state index contributed by atoms with van der Waals surface area (Å²) in [5, 5.41) is 135. The summed E-state index contributed by atoms with van der Waals surface area (Å²) in [6.07, 6.45) is 0.615. The van der Waals surface area contributed by atoms with Crippen LogP contribution in [0.25, 0.3) is 50.9 Å². The summed E-state index contributed by atoms with van der Waals surface area (Å²) in [6, 6.07) is 21.6. The van der Waals surface area contributed by atoms with Crippen molar-refractivity contribution in [1.29, 1.82) is 0 Å². The number of primary amides is 3. The van der Waals surface area contributed by atoms with Crippen molar-refractivity contribution in [2.45, 2.75) is 119 Å². The number of nitrogens with two attached hydrogens (primary N) is 5. The van der Waals surface area contributed by atoms with Crippen LogP contribution in [0.1, 0.15) is 95.9 Å². The fourth-order valence-electron chi connectivity index (χ4n) is 19.9. The lowest BCUT2D eigenvalue weighted by atomic mass is 9.57. The number of fused-ring (bicyclic) bond motifs is 9. The van der Waals surface area contributed by atoms with Gasteiger partial charge in [0.1, 0.15) is 85.8 Å². The molecule has 15 rings (SSSR count). The molecule has 3 fully saturated rings. The van der Waals surface area contributed by atoms with Gasteiger partial charge in [-0.25, -0.2) is 0 Å². The molecule has 0 spiro atoms. The van der Waals surface area contributed by atoms with E-state index in [1.165, 1.54) is 26.8 Å². The molecule has 0 aliphatic heterocycles. The molecule has 32 nitrogen and oxygen atoms in total. The number of aliphatic hydroxyl groups excluding tert-OH is 6. The summed E-state index contributed by atoms with van der Waals surface area (Å²) in [4.78, 5) is 124. The molecular formula is C89H99N9O23. The quantitative estimate of drug-likeness (QED) is 0.0653. The maximum absolute atomic E-state index is 14.1. The minimum absolute atomic E-state index is 0.0114. The number of carbonyl (C=O) groups excluding carboxylic acids is 9. The summed E-state index contributed by atoms with van der Waals surface area (Å²) in [7, 11) is 14.7. The monoisotopic (exact) mass is 1660 g/mol. The zero-order valence-electron chi connectivity index (χ0n) is 68.7. The first kappa shape index (κ1) is 86.7. The number of furan rings is 1. The molecule has 1 heterocycles. The molecule has 121 heavy (non-hydrogen) atoms. The van der Waals surface area contributed by atoms with Crippen molar-refractivity contribution < 1.29 is 114 Å². The third-order valence-corrected chi connectivity index (χ3v) is 25.5. The number of methoxy groups -OCH3 is 1. The van der Waals surface area contributed by atoms with E-state index in [1.807, 2.05) is 61.5 Å². The lowest BCUT2D eigenvalue weighted by molar-refractivity contribution is -0.155. The first-order chi connectivity index (χ1) is 56.7. The molecule has 3 amide bonds. The van der Waals surface area contributed by atoms with Crippen molar-refractivity contribution in [2.24, 2.45) is 64.2 Å². The van der Waals surface area contributed by atoms with E-state index in [2.05, 4.69) is 20.8 Å². The van der Waals surface area contributed by atoms with Crippen molar-refractivity contribution in [1.82, 2.24) is 19.6 Å². The Morgan fingerprint density at radius 3 is 1.21 bits per heavy atom. The number of aromatic hydroxyl groups is 3. The minimum Gasteiger partial charge on any atom is -0.508 e. The zero-order chi connectivity index (χ0) is 88.9. The van der Waals surface area contributed by atoms with E-state index in [0.29, 0.717) is 57.2 Å². The highest BCUT2D eigenvalue weighted by Gasteiger charge is 2.68. The zero-order valence-corrected chi connectivity index (χ0v) is 68.7. The molecule has 9 aliphatic rings. The topological polar surface area (TPSA) is 562 Å². The number of amides is 3. The van der Waals surface area contributed by atoms with E-state index in [4.69, 9.17) is 37.8 Å². The van der Waals surface area contributed by atoms with Crippen LogP contribution in [0.5, 0.6) is 23.0 Å². The molecule has 1 aromatic heterocycles. The Labute approximate surface area is 694 Å². The van der Waals surface area contributed by atoms with Gasteiger partial charge in [0.05, 0.1) is 48.5 Å². The highest BCUT2D eigenvalue weighted by atomic mass is 16.5. The van der Waals surface area contributed by atoms with E-state index in [0.717, 1.165) is 27.8 Å². The summed E-state index contributed by atoms with van der Waals surface area (Å²) >= 11 is 0. The molecule has 638 valence electrons. The van der Waals surface area contributed by atoms with Crippen molar-refractivity contribution in [3.8, 4) is 56.6 Å². The van der Waals surface area contributed by atoms with Crippen LogP contribution in [-0.2, 0) is 87.5 Å². The third kappa shape index (κ3) is 13.5. The molecule has 12 atom stereocenters. The van der Waals surface area contributed by atoms with Crippen molar-refractivity contribution in [2.75, 3.05) is 63.5 Å². The number of ketones is 6. The molecule has 32 heteroatoms. The number of aliphatic hydroxyl groups is 9. The van der Waals surface area contributed by atoms with Crippen LogP contribution in [0.2, 0.25) is 0 Å². The highest BCUT2D eigenvalue weighted by molar-refractivity contribution is 6.27. The lowest BCUT2D eigenvalue weighted by Crippen LogP contribution is -2.65. The first-order valence-electron chi connectivity index (χ1n) is 39.2. The summed E-state index contributed by atoms with van der Waals surface area (Å²) in [6.45, 7) is 7.07. The van der Waals surface area contributed by atoms with Gasteiger partial charge in [-0.05, 0) is 211 Å². The molecule has 22 N–H and O–H groups in total. The van der Waals surface area contributed by atoms with Gasteiger partial charge in [-0.3, -0.25) is 57.9 Å². The van der Waals surface area contributed by atoms with Crippen LogP contribution in [0.15, 0.2) is 140 Å². The van der Waals surface area contributed by atoms with Crippen molar-refractivity contribution in [3.63, 3.8) is 0 Å². The number of ether oxygens (including phenoxy) is 1. The predicted molar refractivity (Wildman–Crippen MR) is 440 cm³/mol. The van der Waals surface area contributed by atoms with Gasteiger partial charge < -0.3 is 104 Å². The molecule has 9 aliphatic carbocycles. The van der Waals surface area contributed by atoms with E-state index < -0.39 is 174 Å². The maximum atomic E-state index is 14.1. The molecule has 0 radical (unpaired) electrons. The summed E-state index contributed by atoms with van der Waals surface area (Å²) in [5.41, 5.74) is 24.4. The normalized spacial score (nSPS) is 26.2. The van der Waals surface area contributed by atoms with Gasteiger partial charge in [-0.1, -0.05) is 57.2 Å². The molecule has 3 saturated carbocycles. The summed E-state index contributed by atoms with van der Waals surface area (Å²) < 4.78 is 11.4. The average Bonchev–Trinajstić information content (AvgIpc) is 0.941. The number of carbonyl (C=O) groups is 9. The number of Topliss-reactive ketones (excluding diaryl/α,β-unsaturated/α-hetero) is 6. The second-order valence-corrected chi connectivity index (χ2v) is 34.4. The smallest absolute Gasteiger partial charge is 0.255 e. The van der Waals surface area contributed by atoms with Gasteiger partial charge in [-0.2, -0.15) is 0 Å². The van der Waals surface area contributed by atoms with Gasteiger partial charge in [0, 0.05) is 64.3 Å². The minimum atomic E-state index is -2.68. The number of benzene rings is 5. The molecule has 0 bridgehead atoms. The van der Waals surface area contributed by atoms with Crippen LogP contribution < -0.4 is 33.4 Å². The molecule has 0 unspecified atom stereocenters. The number of hydrogen-bond donors (Lipinski definition) is 17. The second kappa shape index (κ2) is 31.2. The Kier molecular flexibility index (Phi) is 22.3. The molecular weight excluding hydrogens is 1560 g/mol. The van der Waals surface area contributed by atoms with E-state index in [-0.39, 0.29) is 108 Å². The standard InChI is InChI=1S/C32H37N3O7.C29H31N3O8.C28H31N3O8/c1-31(2,3)17-8-6-14(7-9-17)18-11-16(13-33)25(36)22-19(18)10-15-12-20-24(35(4)5)27(38)23(30(34)41)29(40)32(20,42)28(39)21(15)26(22)37;1-32(2)23-17-10-13-9-16-15(12-4-7-19(40-3)14(8-12)11-30)5-6-18(33)21(16)24(34)20(13)26(36)29(17,39)27(37)22(25(23)35)28(31)38;1-30(2)11-13-5-8-18(39-13)14-6-7-17(32)20-15(14)9-12-10-16-22(31(3)4)24(34)21(27(29)37)26(36)28(16,38)25(35)19(12)23(20)33/h6-9,11,15,20,24,36-37,40,42H,10,12-13,33H2,1-5H3,(H2,34,41);4-8,13,17,23,33-34,37,39H,9-11,30H2,1-3H3,(H2,31,38);5-8,12,16,22,32-33,36,38H,9-11H2,1-4H3,(H2,29,37)/t15-,20-,24+,32-;13-,17-,23+,29-;12-,16-,22+,28-/m000/s1. The lowest BCUT2D eigenvalue weighted by Gasteiger charge is -2.50. The van der Waals surface area contributed by atoms with Crippen LogP contribution >= 0.6 is 0 Å². The molecule has 6 aromatic rings. The first-order valence-corrected chi connectivity index (χ1v) is 39.2. The fraction of sp³-hybridized carbons (Fsp3) is 0.382. The summed E-state index contributed by atoms with van der Waals surface area (Å²) in [5.74, 6) is -18.7. The number of phenolic OH excluding ortho intramolecular Hbond substituents is 3. The predicted octanol–water partition coefficient (Wildman–Crippen LogP) is 4.77. The van der Waals surface area contributed by atoms with Gasteiger partial charge in [0.25, 0.3) is 17.7 Å². The van der Waals surface area contributed by atoms with Gasteiger partial charge in [0.2, 0.25) is 17.3 Å². The third-order valence-electron chi connectivity index (χ3n) is 25.5. The van der Waals surface area contributed by atoms with Crippen LogP contribution in [0.4, 0.5) is 0 Å².